The van der Waals surface area contributed by atoms with Crippen LogP contribution in [0.5, 0.6) is 5.75 Å². The Morgan fingerprint density at radius 1 is 1.50 bits per heavy atom. The van der Waals surface area contributed by atoms with Gasteiger partial charge in [-0.3, -0.25) is 4.79 Å². The molecule has 1 rings (SSSR count). The first-order chi connectivity index (χ1) is 8.62. The van der Waals surface area contributed by atoms with Crippen molar-refractivity contribution in [3.8, 4) is 5.75 Å². The Labute approximate surface area is 117 Å². The van der Waals surface area contributed by atoms with E-state index in [2.05, 4.69) is 19.2 Å². The van der Waals surface area contributed by atoms with Crippen molar-refractivity contribution < 1.29 is 9.53 Å². The molecule has 18 heavy (non-hydrogen) atoms. The maximum absolute atomic E-state index is 12.1. The summed E-state index contributed by atoms with van der Waals surface area (Å²) >= 11 is 7.40. The molecule has 3 nitrogen and oxygen atoms in total. The Morgan fingerprint density at radius 2 is 2.17 bits per heavy atom. The van der Waals surface area contributed by atoms with E-state index >= 15 is 0 Å². The maximum atomic E-state index is 12.1. The molecule has 5 heteroatoms. The molecule has 0 saturated carbocycles. The molecule has 0 atom stereocenters. The number of ether oxygens (including phenoxy) is 1. The lowest BCUT2D eigenvalue weighted by atomic mass is 9.84. The molecule has 1 aromatic rings. The van der Waals surface area contributed by atoms with E-state index in [0.717, 1.165) is 12.8 Å². The van der Waals surface area contributed by atoms with E-state index in [9.17, 15) is 4.79 Å². The molecule has 1 aromatic heterocycles. The summed E-state index contributed by atoms with van der Waals surface area (Å²) < 4.78 is 5.14. The summed E-state index contributed by atoms with van der Waals surface area (Å²) in [7, 11) is 1.57. The van der Waals surface area contributed by atoms with Crippen molar-refractivity contribution in [3.05, 3.63) is 16.3 Å². The van der Waals surface area contributed by atoms with Crippen molar-refractivity contribution in [2.45, 2.75) is 26.7 Å². The second-order valence-corrected chi connectivity index (χ2v) is 5.52. The van der Waals surface area contributed by atoms with Crippen LogP contribution in [0, 0.1) is 5.41 Å². The zero-order valence-corrected chi connectivity index (χ0v) is 12.7. The number of hydrogen-bond acceptors (Lipinski definition) is 3. The van der Waals surface area contributed by atoms with Gasteiger partial charge in [0.25, 0.3) is 5.91 Å². The molecule has 0 aromatic carbocycles. The topological polar surface area (TPSA) is 38.3 Å². The lowest BCUT2D eigenvalue weighted by Crippen LogP contribution is -2.38. The Bertz CT molecular complexity index is 380. The molecule has 0 aliphatic carbocycles. The first kappa shape index (κ1) is 15.3. The summed E-state index contributed by atoms with van der Waals surface area (Å²) in [6.07, 6.45) is 1.91. The number of hydrogen-bond donors (Lipinski definition) is 1. The van der Waals surface area contributed by atoms with Gasteiger partial charge in [-0.1, -0.05) is 13.8 Å². The highest BCUT2D eigenvalue weighted by Gasteiger charge is 2.26. The monoisotopic (exact) mass is 289 g/mol. The van der Waals surface area contributed by atoms with Gasteiger partial charge in [-0.15, -0.1) is 22.9 Å². The molecule has 0 aliphatic rings. The number of halogens is 1. The van der Waals surface area contributed by atoms with E-state index in [1.807, 2.05) is 5.38 Å². The van der Waals surface area contributed by atoms with Gasteiger partial charge in [-0.05, 0) is 24.3 Å². The lowest BCUT2D eigenvalue weighted by molar-refractivity contribution is 0.0933. The third-order valence-corrected chi connectivity index (χ3v) is 4.92. The second kappa shape index (κ2) is 7.00. The Balaban J connectivity index is 2.66. The SMILES string of the molecule is CCC(CC)(CCl)CNC(=O)c1sccc1OC. The van der Waals surface area contributed by atoms with Crippen molar-refractivity contribution in [1.29, 1.82) is 0 Å². The summed E-state index contributed by atoms with van der Waals surface area (Å²) in [5.74, 6) is 1.10. The number of carbonyl (C=O) groups is 1. The van der Waals surface area contributed by atoms with Gasteiger partial charge >= 0.3 is 0 Å². The fraction of sp³-hybridized carbons (Fsp3) is 0.615. The quantitative estimate of drug-likeness (QED) is 0.780. The number of alkyl halides is 1. The zero-order valence-electron chi connectivity index (χ0n) is 11.1. The van der Waals surface area contributed by atoms with Crippen LogP contribution in [0.1, 0.15) is 36.4 Å². The van der Waals surface area contributed by atoms with Crippen LogP contribution in [0.15, 0.2) is 11.4 Å². The predicted octanol–water partition coefficient (Wildman–Crippen LogP) is 3.53. The zero-order chi connectivity index (χ0) is 13.6. The van der Waals surface area contributed by atoms with Gasteiger partial charge in [0.1, 0.15) is 10.6 Å². The number of rotatable bonds is 7. The Hall–Kier alpha value is -0.740. The van der Waals surface area contributed by atoms with Gasteiger partial charge in [0.2, 0.25) is 0 Å². The average Bonchev–Trinajstić information content (AvgIpc) is 2.89. The van der Waals surface area contributed by atoms with Crippen LogP contribution in [-0.2, 0) is 0 Å². The fourth-order valence-corrected chi connectivity index (χ4v) is 2.95. The van der Waals surface area contributed by atoms with Gasteiger partial charge in [-0.25, -0.2) is 0 Å². The fourth-order valence-electron chi connectivity index (χ4n) is 1.71. The minimum Gasteiger partial charge on any atom is -0.495 e. The van der Waals surface area contributed by atoms with Crippen LogP contribution in [0.3, 0.4) is 0 Å². The van der Waals surface area contributed by atoms with Crippen molar-refractivity contribution in [2.24, 2.45) is 5.41 Å². The van der Waals surface area contributed by atoms with Crippen LogP contribution in [0.2, 0.25) is 0 Å². The summed E-state index contributed by atoms with van der Waals surface area (Å²) in [5, 5.41) is 4.81. The Kier molecular flexibility index (Phi) is 5.96. The van der Waals surface area contributed by atoms with Crippen LogP contribution < -0.4 is 10.1 Å². The van der Waals surface area contributed by atoms with Gasteiger partial charge in [-0.2, -0.15) is 0 Å². The Morgan fingerprint density at radius 3 is 2.67 bits per heavy atom. The molecule has 0 saturated heterocycles. The largest absolute Gasteiger partial charge is 0.495 e. The van der Waals surface area contributed by atoms with Crippen molar-refractivity contribution in [2.75, 3.05) is 19.5 Å². The molecule has 0 unspecified atom stereocenters. The summed E-state index contributed by atoms with van der Waals surface area (Å²) in [6, 6.07) is 1.80. The molecule has 0 aliphatic heterocycles. The number of methoxy groups -OCH3 is 1. The van der Waals surface area contributed by atoms with E-state index < -0.39 is 0 Å². The molecule has 0 bridgehead atoms. The van der Waals surface area contributed by atoms with E-state index in [1.165, 1.54) is 11.3 Å². The van der Waals surface area contributed by atoms with Crippen molar-refractivity contribution in [1.82, 2.24) is 5.32 Å². The predicted molar refractivity (Wildman–Crippen MR) is 76.9 cm³/mol. The van der Waals surface area contributed by atoms with E-state index in [0.29, 0.717) is 23.1 Å². The van der Waals surface area contributed by atoms with Crippen LogP contribution >= 0.6 is 22.9 Å². The molecular formula is C13H20ClNO2S. The molecule has 1 heterocycles. The van der Waals surface area contributed by atoms with Gasteiger partial charge in [0.05, 0.1) is 7.11 Å². The van der Waals surface area contributed by atoms with Crippen molar-refractivity contribution >= 4 is 28.8 Å². The van der Waals surface area contributed by atoms with E-state index in [1.54, 1.807) is 13.2 Å². The highest BCUT2D eigenvalue weighted by Crippen LogP contribution is 2.28. The lowest BCUT2D eigenvalue weighted by Gasteiger charge is -2.29. The molecule has 1 amide bonds. The summed E-state index contributed by atoms with van der Waals surface area (Å²) in [4.78, 5) is 12.7. The maximum Gasteiger partial charge on any atom is 0.265 e. The third-order valence-electron chi connectivity index (χ3n) is 3.46. The molecule has 0 fully saturated rings. The molecule has 102 valence electrons. The minimum absolute atomic E-state index is 0.0122. The van der Waals surface area contributed by atoms with Crippen LogP contribution in [0.4, 0.5) is 0 Å². The summed E-state index contributed by atoms with van der Waals surface area (Å²) in [5.41, 5.74) is -0.0122. The van der Waals surface area contributed by atoms with Gasteiger partial charge in [0, 0.05) is 17.8 Å². The number of amides is 1. The van der Waals surface area contributed by atoms with E-state index in [-0.39, 0.29) is 11.3 Å². The number of thiophene rings is 1. The smallest absolute Gasteiger partial charge is 0.265 e. The first-order valence-electron chi connectivity index (χ1n) is 6.08. The van der Waals surface area contributed by atoms with Gasteiger partial charge < -0.3 is 10.1 Å². The highest BCUT2D eigenvalue weighted by molar-refractivity contribution is 7.12. The van der Waals surface area contributed by atoms with E-state index in [4.69, 9.17) is 16.3 Å². The van der Waals surface area contributed by atoms with Crippen LogP contribution in [0.25, 0.3) is 0 Å². The second-order valence-electron chi connectivity index (χ2n) is 4.34. The molecule has 0 spiro atoms. The number of nitrogens with one attached hydrogen (secondary N) is 1. The first-order valence-corrected chi connectivity index (χ1v) is 7.49. The van der Waals surface area contributed by atoms with Crippen molar-refractivity contribution in [3.63, 3.8) is 0 Å². The third kappa shape index (κ3) is 3.39. The molecular weight excluding hydrogens is 270 g/mol. The average molecular weight is 290 g/mol. The summed E-state index contributed by atoms with van der Waals surface area (Å²) in [6.45, 7) is 4.80. The molecule has 1 N–H and O–H groups in total. The number of carbonyl (C=O) groups excluding carboxylic acids is 1. The standard InChI is InChI=1S/C13H20ClNO2S/c1-4-13(5-2,8-14)9-15-12(16)11-10(17-3)6-7-18-11/h6-7H,4-5,8-9H2,1-3H3,(H,15,16). The normalized spacial score (nSPS) is 11.3. The minimum atomic E-state index is -0.0850. The highest BCUT2D eigenvalue weighted by atomic mass is 35.5. The van der Waals surface area contributed by atoms with Gasteiger partial charge in [0.15, 0.2) is 0 Å². The van der Waals surface area contributed by atoms with Crippen LogP contribution in [-0.4, -0.2) is 25.4 Å². The molecule has 0 radical (unpaired) electrons.